The highest BCUT2D eigenvalue weighted by Crippen LogP contribution is 2.40. The molecule has 1 aromatic rings. The lowest BCUT2D eigenvalue weighted by Gasteiger charge is -2.15. The smallest absolute Gasteiger partial charge is 0.421 e. The van der Waals surface area contributed by atoms with E-state index in [0.29, 0.717) is 0 Å². The first kappa shape index (κ1) is 16.1. The number of carbonyl (C=O) groups excluding carboxylic acids is 1. The quantitative estimate of drug-likeness (QED) is 0.610. The Morgan fingerprint density at radius 2 is 1.55 bits per heavy atom. The van der Waals surface area contributed by atoms with Crippen LogP contribution in [-0.4, -0.2) is 25.4 Å². The Bertz CT molecular complexity index is 511. The molecular weight excluding hydrogens is 290 g/mol. The van der Waals surface area contributed by atoms with Gasteiger partial charge < -0.3 is 4.74 Å². The molecule has 0 saturated carbocycles. The third-order valence-electron chi connectivity index (χ3n) is 2.28. The van der Waals surface area contributed by atoms with Gasteiger partial charge >= 0.3 is 18.3 Å². The summed E-state index contributed by atoms with van der Waals surface area (Å²) in [5.74, 6) is -1.03. The maximum absolute atomic E-state index is 12.4. The van der Waals surface area contributed by atoms with Gasteiger partial charge in [-0.25, -0.2) is 4.79 Å². The average molecular weight is 298 g/mol. The first-order valence-corrected chi connectivity index (χ1v) is 5.11. The molecule has 0 saturated heterocycles. The van der Waals surface area contributed by atoms with E-state index >= 15 is 0 Å². The van der Waals surface area contributed by atoms with Crippen molar-refractivity contribution in [3.05, 3.63) is 41.0 Å². The van der Waals surface area contributed by atoms with Gasteiger partial charge in [0, 0.05) is 0 Å². The Labute approximate surface area is 109 Å². The van der Waals surface area contributed by atoms with Crippen LogP contribution < -0.4 is 0 Å². The lowest BCUT2D eigenvalue weighted by atomic mass is 10.0. The third kappa shape index (κ3) is 3.75. The first-order chi connectivity index (χ1) is 9.07. The van der Waals surface area contributed by atoms with Gasteiger partial charge in [-0.1, -0.05) is 18.2 Å². The van der Waals surface area contributed by atoms with Gasteiger partial charge in [0.1, 0.15) is 5.57 Å². The molecule has 0 aliphatic heterocycles. The second-order valence-corrected chi connectivity index (χ2v) is 3.63. The standard InChI is InChI=1S/C12H8F6O2/c1-20-10(19)8-5-3-2-4-7(8)6-9(11(13,14)15)12(16,17)18/h2-6H,1H3. The summed E-state index contributed by atoms with van der Waals surface area (Å²) >= 11 is 0. The SMILES string of the molecule is COC(=O)c1ccccc1C=C(C(F)(F)F)C(F)(F)F. The maximum atomic E-state index is 12.4. The lowest BCUT2D eigenvalue weighted by molar-refractivity contribution is -0.170. The van der Waals surface area contributed by atoms with Crippen LogP contribution in [0.1, 0.15) is 15.9 Å². The van der Waals surface area contributed by atoms with E-state index in [2.05, 4.69) is 4.74 Å². The molecule has 20 heavy (non-hydrogen) atoms. The summed E-state index contributed by atoms with van der Waals surface area (Å²) in [6.07, 6.45) is -11.3. The highest BCUT2D eigenvalue weighted by atomic mass is 19.4. The fourth-order valence-electron chi connectivity index (χ4n) is 1.40. The molecule has 0 bridgehead atoms. The Morgan fingerprint density at radius 1 is 1.05 bits per heavy atom. The molecular formula is C12H8F6O2. The molecule has 110 valence electrons. The summed E-state index contributed by atoms with van der Waals surface area (Å²) in [6, 6.07) is 4.54. The van der Waals surface area contributed by atoms with E-state index in [0.717, 1.165) is 19.2 Å². The topological polar surface area (TPSA) is 26.3 Å². The van der Waals surface area contributed by atoms with Gasteiger partial charge in [0.25, 0.3) is 0 Å². The van der Waals surface area contributed by atoms with Gasteiger partial charge in [-0.3, -0.25) is 0 Å². The number of hydrogen-bond donors (Lipinski definition) is 0. The summed E-state index contributed by atoms with van der Waals surface area (Å²) in [6.45, 7) is 0. The second kappa shape index (κ2) is 5.56. The van der Waals surface area contributed by atoms with Crippen molar-refractivity contribution in [2.24, 2.45) is 0 Å². The van der Waals surface area contributed by atoms with Crippen molar-refractivity contribution in [3.8, 4) is 0 Å². The summed E-state index contributed by atoms with van der Waals surface area (Å²) in [5, 5.41) is 0. The van der Waals surface area contributed by atoms with Crippen LogP contribution in [0.25, 0.3) is 6.08 Å². The van der Waals surface area contributed by atoms with Crippen molar-refractivity contribution in [1.82, 2.24) is 0 Å². The van der Waals surface area contributed by atoms with E-state index in [4.69, 9.17) is 0 Å². The highest BCUT2D eigenvalue weighted by Gasteiger charge is 2.50. The van der Waals surface area contributed by atoms with Crippen LogP contribution in [0, 0.1) is 0 Å². The first-order valence-electron chi connectivity index (χ1n) is 5.11. The molecule has 0 radical (unpaired) electrons. The maximum Gasteiger partial charge on any atom is 0.421 e. The second-order valence-electron chi connectivity index (χ2n) is 3.63. The Hall–Kier alpha value is -1.99. The van der Waals surface area contributed by atoms with Gasteiger partial charge in [0.05, 0.1) is 12.7 Å². The zero-order valence-electron chi connectivity index (χ0n) is 9.97. The minimum absolute atomic E-state index is 0.119. The number of carbonyl (C=O) groups is 1. The number of hydrogen-bond acceptors (Lipinski definition) is 2. The normalized spacial score (nSPS) is 11.9. The van der Waals surface area contributed by atoms with Crippen LogP contribution in [0.5, 0.6) is 0 Å². The number of halogens is 6. The summed E-state index contributed by atoms with van der Waals surface area (Å²) in [7, 11) is 0.969. The Balaban J connectivity index is 3.44. The molecule has 0 spiro atoms. The van der Waals surface area contributed by atoms with Gasteiger partial charge in [-0.05, 0) is 17.7 Å². The molecule has 1 rings (SSSR count). The summed E-state index contributed by atoms with van der Waals surface area (Å²) in [4.78, 5) is 11.3. The van der Waals surface area contributed by atoms with Crippen molar-refractivity contribution in [2.45, 2.75) is 12.4 Å². The van der Waals surface area contributed by atoms with Crippen LogP contribution in [0.4, 0.5) is 26.3 Å². The molecule has 0 fully saturated rings. The minimum atomic E-state index is -5.58. The largest absolute Gasteiger partial charge is 0.465 e. The summed E-state index contributed by atoms with van der Waals surface area (Å²) in [5.41, 5.74) is -3.61. The molecule has 1 aromatic carbocycles. The van der Waals surface area contributed by atoms with Crippen LogP contribution in [0.15, 0.2) is 29.8 Å². The monoisotopic (exact) mass is 298 g/mol. The zero-order valence-corrected chi connectivity index (χ0v) is 9.97. The Morgan fingerprint density at radius 3 is 2.00 bits per heavy atom. The predicted molar refractivity (Wildman–Crippen MR) is 57.9 cm³/mol. The number of methoxy groups -OCH3 is 1. The number of rotatable bonds is 2. The molecule has 0 amide bonds. The van der Waals surface area contributed by atoms with Crippen molar-refractivity contribution in [1.29, 1.82) is 0 Å². The molecule has 0 aliphatic carbocycles. The number of ether oxygens (including phenoxy) is 1. The van der Waals surface area contributed by atoms with Gasteiger partial charge in [-0.2, -0.15) is 26.3 Å². The van der Waals surface area contributed by atoms with Crippen molar-refractivity contribution in [2.75, 3.05) is 7.11 Å². The average Bonchev–Trinajstić information content (AvgIpc) is 2.32. The molecule has 8 heteroatoms. The number of benzene rings is 1. The van der Waals surface area contributed by atoms with E-state index < -0.39 is 29.5 Å². The van der Waals surface area contributed by atoms with Gasteiger partial charge in [0.2, 0.25) is 0 Å². The molecule has 0 unspecified atom stereocenters. The fraction of sp³-hybridized carbons (Fsp3) is 0.250. The molecule has 0 N–H and O–H groups in total. The van der Waals surface area contributed by atoms with E-state index in [9.17, 15) is 31.1 Å². The van der Waals surface area contributed by atoms with Crippen LogP contribution in [0.2, 0.25) is 0 Å². The highest BCUT2D eigenvalue weighted by molar-refractivity contribution is 5.93. The molecule has 0 aliphatic rings. The third-order valence-corrected chi connectivity index (χ3v) is 2.28. The molecule has 0 atom stereocenters. The van der Waals surface area contributed by atoms with Crippen LogP contribution in [-0.2, 0) is 4.74 Å². The minimum Gasteiger partial charge on any atom is -0.465 e. The van der Waals surface area contributed by atoms with E-state index in [1.165, 1.54) is 12.1 Å². The van der Waals surface area contributed by atoms with Crippen molar-refractivity contribution >= 4 is 12.0 Å². The molecule has 0 heterocycles. The fourth-order valence-corrected chi connectivity index (χ4v) is 1.40. The van der Waals surface area contributed by atoms with Crippen LogP contribution in [0.3, 0.4) is 0 Å². The number of esters is 1. The van der Waals surface area contributed by atoms with Gasteiger partial charge in [0.15, 0.2) is 0 Å². The zero-order chi connectivity index (χ0) is 15.6. The van der Waals surface area contributed by atoms with Crippen molar-refractivity contribution in [3.63, 3.8) is 0 Å². The predicted octanol–water partition coefficient (Wildman–Crippen LogP) is 3.98. The lowest BCUT2D eigenvalue weighted by Crippen LogP contribution is -2.26. The number of allylic oxidation sites excluding steroid dienone is 1. The molecule has 0 aromatic heterocycles. The van der Waals surface area contributed by atoms with Crippen molar-refractivity contribution < 1.29 is 35.9 Å². The molecule has 2 nitrogen and oxygen atoms in total. The summed E-state index contributed by atoms with van der Waals surface area (Å²) < 4.78 is 78.8. The Kier molecular flexibility index (Phi) is 4.46. The van der Waals surface area contributed by atoms with Crippen LogP contribution >= 0.6 is 0 Å². The van der Waals surface area contributed by atoms with E-state index in [1.54, 1.807) is 0 Å². The van der Waals surface area contributed by atoms with E-state index in [-0.39, 0.29) is 11.6 Å². The van der Waals surface area contributed by atoms with E-state index in [1.807, 2.05) is 0 Å². The number of alkyl halides is 6. The van der Waals surface area contributed by atoms with Gasteiger partial charge in [-0.15, -0.1) is 0 Å².